The summed E-state index contributed by atoms with van der Waals surface area (Å²) < 4.78 is 12.1. The standard InChI is InChI=1S/C18H29BN4O3/c1-13(24)23-9-7-8-15(12-23)22(6)16-20-10-14(11-21-16)19-25-17(2,3)18(4,5)26-19/h10-11,15H,7-9,12H2,1-6H3/t15-/m1/s1. The Labute approximate surface area is 156 Å². The number of carbonyl (C=O) groups is 1. The van der Waals surface area contributed by atoms with Gasteiger partial charge in [-0.2, -0.15) is 0 Å². The number of hydrogen-bond donors (Lipinski definition) is 0. The molecule has 2 aliphatic rings. The van der Waals surface area contributed by atoms with Crippen molar-refractivity contribution in [1.29, 1.82) is 0 Å². The highest BCUT2D eigenvalue weighted by Gasteiger charge is 2.52. The molecule has 2 fully saturated rings. The van der Waals surface area contributed by atoms with Crippen LogP contribution in [0.4, 0.5) is 5.95 Å². The molecule has 1 aromatic rings. The molecule has 0 spiro atoms. The molecule has 1 amide bonds. The second-order valence-electron chi connectivity index (χ2n) is 8.28. The van der Waals surface area contributed by atoms with Gasteiger partial charge >= 0.3 is 7.12 Å². The van der Waals surface area contributed by atoms with Crippen LogP contribution in [0.1, 0.15) is 47.5 Å². The van der Waals surface area contributed by atoms with Crippen LogP contribution < -0.4 is 10.4 Å². The van der Waals surface area contributed by atoms with Crippen LogP contribution in [-0.2, 0) is 14.1 Å². The van der Waals surface area contributed by atoms with Crippen LogP contribution in [0.15, 0.2) is 12.4 Å². The molecule has 0 saturated carbocycles. The van der Waals surface area contributed by atoms with E-state index in [1.807, 2.05) is 39.6 Å². The Balaban J connectivity index is 1.69. The van der Waals surface area contributed by atoms with Gasteiger partial charge in [0, 0.05) is 51.0 Å². The Kier molecular flexibility index (Phi) is 5.01. The zero-order valence-electron chi connectivity index (χ0n) is 16.7. The number of likely N-dealkylation sites (N-methyl/N-ethyl adjacent to an activating group) is 1. The predicted molar refractivity (Wildman–Crippen MR) is 101 cm³/mol. The zero-order chi connectivity index (χ0) is 19.1. The average molecular weight is 360 g/mol. The summed E-state index contributed by atoms with van der Waals surface area (Å²) in [5.41, 5.74) is 0.0475. The quantitative estimate of drug-likeness (QED) is 0.756. The van der Waals surface area contributed by atoms with E-state index >= 15 is 0 Å². The van der Waals surface area contributed by atoms with Gasteiger partial charge in [0.2, 0.25) is 11.9 Å². The van der Waals surface area contributed by atoms with Gasteiger partial charge in [-0.05, 0) is 40.5 Å². The number of anilines is 1. The number of nitrogens with zero attached hydrogens (tertiary/aromatic N) is 4. The summed E-state index contributed by atoms with van der Waals surface area (Å²) in [6.07, 6.45) is 5.57. The third-order valence-corrected chi connectivity index (χ3v) is 5.89. The molecule has 0 bridgehead atoms. The van der Waals surface area contributed by atoms with E-state index in [4.69, 9.17) is 9.31 Å². The number of carbonyl (C=O) groups excluding carboxylic acids is 1. The van der Waals surface area contributed by atoms with Crippen molar-refractivity contribution in [3.8, 4) is 0 Å². The molecule has 0 N–H and O–H groups in total. The molecule has 8 heteroatoms. The highest BCUT2D eigenvalue weighted by molar-refractivity contribution is 6.61. The van der Waals surface area contributed by atoms with Crippen molar-refractivity contribution in [2.24, 2.45) is 0 Å². The van der Waals surface area contributed by atoms with E-state index in [-0.39, 0.29) is 23.2 Å². The van der Waals surface area contributed by atoms with Crippen molar-refractivity contribution in [3.63, 3.8) is 0 Å². The SMILES string of the molecule is CC(=O)N1CCC[C@@H](N(C)c2ncc(B3OC(C)(C)C(C)(C)O3)cn2)C1. The minimum atomic E-state index is -0.456. The smallest absolute Gasteiger partial charge is 0.399 e. The molecular weight excluding hydrogens is 331 g/mol. The lowest BCUT2D eigenvalue weighted by Gasteiger charge is -2.37. The minimum Gasteiger partial charge on any atom is -0.399 e. The number of aromatic nitrogens is 2. The maximum atomic E-state index is 11.6. The molecule has 1 atom stereocenters. The van der Waals surface area contributed by atoms with Gasteiger partial charge in [-0.15, -0.1) is 0 Å². The fourth-order valence-corrected chi connectivity index (χ4v) is 3.33. The summed E-state index contributed by atoms with van der Waals surface area (Å²) in [6, 6.07) is 0.232. The van der Waals surface area contributed by atoms with Gasteiger partial charge < -0.3 is 19.1 Å². The molecule has 0 aliphatic carbocycles. The van der Waals surface area contributed by atoms with Crippen LogP contribution in [0.2, 0.25) is 0 Å². The number of likely N-dealkylation sites (tertiary alicyclic amines) is 1. The number of hydrogen-bond acceptors (Lipinski definition) is 6. The lowest BCUT2D eigenvalue weighted by Crippen LogP contribution is -2.48. The Morgan fingerprint density at radius 1 is 1.23 bits per heavy atom. The summed E-state index contributed by atoms with van der Waals surface area (Å²) in [5, 5.41) is 0. The normalized spacial score (nSPS) is 24.6. The van der Waals surface area contributed by atoms with Crippen molar-refractivity contribution in [2.75, 3.05) is 25.0 Å². The van der Waals surface area contributed by atoms with E-state index in [1.54, 1.807) is 19.3 Å². The third-order valence-electron chi connectivity index (χ3n) is 5.89. The molecule has 3 heterocycles. The van der Waals surface area contributed by atoms with Gasteiger partial charge in [0.1, 0.15) is 0 Å². The lowest BCUT2D eigenvalue weighted by atomic mass is 9.81. The monoisotopic (exact) mass is 360 g/mol. The molecule has 3 rings (SSSR count). The van der Waals surface area contributed by atoms with Crippen molar-refractivity contribution in [1.82, 2.24) is 14.9 Å². The highest BCUT2D eigenvalue weighted by Crippen LogP contribution is 2.36. The molecular formula is C18H29BN4O3. The van der Waals surface area contributed by atoms with Crippen molar-refractivity contribution >= 4 is 24.4 Å². The van der Waals surface area contributed by atoms with E-state index in [1.165, 1.54) is 0 Å². The van der Waals surface area contributed by atoms with Crippen molar-refractivity contribution in [3.05, 3.63) is 12.4 Å². The summed E-state index contributed by atoms with van der Waals surface area (Å²) >= 11 is 0. The van der Waals surface area contributed by atoms with E-state index in [2.05, 4.69) is 14.9 Å². The predicted octanol–water partition coefficient (Wildman–Crippen LogP) is 1.22. The maximum Gasteiger partial charge on any atom is 0.498 e. The van der Waals surface area contributed by atoms with Crippen LogP contribution in [-0.4, -0.2) is 65.3 Å². The van der Waals surface area contributed by atoms with Gasteiger partial charge in [0.25, 0.3) is 0 Å². The largest absolute Gasteiger partial charge is 0.498 e. The molecule has 0 unspecified atom stereocenters. The Bertz CT molecular complexity index is 649. The van der Waals surface area contributed by atoms with Crippen LogP contribution >= 0.6 is 0 Å². The highest BCUT2D eigenvalue weighted by atomic mass is 16.7. The Morgan fingerprint density at radius 2 is 1.81 bits per heavy atom. The Hall–Kier alpha value is -1.67. The van der Waals surface area contributed by atoms with Crippen LogP contribution in [0.25, 0.3) is 0 Å². The first-order valence-corrected chi connectivity index (χ1v) is 9.26. The molecule has 26 heavy (non-hydrogen) atoms. The summed E-state index contributed by atoms with van der Waals surface area (Å²) in [6.45, 7) is 11.3. The van der Waals surface area contributed by atoms with Crippen molar-refractivity contribution in [2.45, 2.75) is 64.7 Å². The van der Waals surface area contributed by atoms with Crippen molar-refractivity contribution < 1.29 is 14.1 Å². The second kappa shape index (κ2) is 6.81. The summed E-state index contributed by atoms with van der Waals surface area (Å²) in [7, 11) is 1.53. The van der Waals surface area contributed by atoms with Gasteiger partial charge in [-0.3, -0.25) is 4.79 Å². The van der Waals surface area contributed by atoms with E-state index in [9.17, 15) is 4.79 Å². The zero-order valence-corrected chi connectivity index (χ0v) is 16.7. The molecule has 1 aromatic heterocycles. The minimum absolute atomic E-state index is 0.125. The topological polar surface area (TPSA) is 67.8 Å². The number of amides is 1. The van der Waals surface area contributed by atoms with E-state index < -0.39 is 7.12 Å². The summed E-state index contributed by atoms with van der Waals surface area (Å²) in [4.78, 5) is 24.6. The fourth-order valence-electron chi connectivity index (χ4n) is 3.33. The maximum absolute atomic E-state index is 11.6. The third kappa shape index (κ3) is 3.57. The second-order valence-corrected chi connectivity index (χ2v) is 8.28. The first-order valence-electron chi connectivity index (χ1n) is 9.26. The van der Waals surface area contributed by atoms with Gasteiger partial charge in [0.05, 0.1) is 11.2 Å². The molecule has 7 nitrogen and oxygen atoms in total. The molecule has 2 saturated heterocycles. The summed E-state index contributed by atoms with van der Waals surface area (Å²) in [5.74, 6) is 0.779. The first-order chi connectivity index (χ1) is 12.1. The van der Waals surface area contributed by atoms with Gasteiger partial charge in [-0.1, -0.05) is 0 Å². The molecule has 142 valence electrons. The van der Waals surface area contributed by atoms with Crippen LogP contribution in [0.5, 0.6) is 0 Å². The van der Waals surface area contributed by atoms with Crippen LogP contribution in [0.3, 0.4) is 0 Å². The van der Waals surface area contributed by atoms with Gasteiger partial charge in [0.15, 0.2) is 0 Å². The molecule has 2 aliphatic heterocycles. The first kappa shape index (κ1) is 19.1. The Morgan fingerprint density at radius 3 is 2.35 bits per heavy atom. The number of rotatable bonds is 3. The lowest BCUT2D eigenvalue weighted by molar-refractivity contribution is -0.129. The average Bonchev–Trinajstić information content (AvgIpc) is 2.82. The fraction of sp³-hybridized carbons (Fsp3) is 0.722. The van der Waals surface area contributed by atoms with Crippen LogP contribution in [0, 0.1) is 0 Å². The van der Waals surface area contributed by atoms with E-state index in [0.717, 1.165) is 24.8 Å². The van der Waals surface area contributed by atoms with Gasteiger partial charge in [-0.25, -0.2) is 9.97 Å². The molecule has 0 aromatic carbocycles. The molecule has 0 radical (unpaired) electrons. The number of piperidine rings is 1. The van der Waals surface area contributed by atoms with E-state index in [0.29, 0.717) is 12.5 Å².